The predicted octanol–water partition coefficient (Wildman–Crippen LogP) is 4.68. The van der Waals surface area contributed by atoms with Crippen LogP contribution in [-0.2, 0) is 13.0 Å². The Kier molecular flexibility index (Phi) is 5.12. The van der Waals surface area contributed by atoms with Gasteiger partial charge in [0.2, 0.25) is 0 Å². The van der Waals surface area contributed by atoms with Gasteiger partial charge in [-0.25, -0.2) is 0 Å². The van der Waals surface area contributed by atoms with Crippen molar-refractivity contribution in [2.24, 2.45) is 0 Å². The number of carbonyl (C=O) groups excluding carboxylic acids is 1. The van der Waals surface area contributed by atoms with Crippen LogP contribution in [0.4, 0.5) is 0 Å². The average Bonchev–Trinajstić information content (AvgIpc) is 3.14. The zero-order valence-electron chi connectivity index (χ0n) is 15.2. The summed E-state index contributed by atoms with van der Waals surface area (Å²) in [5.74, 6) is 1.73. The number of carbonyl (C=O) groups is 1. The van der Waals surface area contributed by atoms with E-state index in [1.807, 2.05) is 61.5 Å². The van der Waals surface area contributed by atoms with Crippen molar-refractivity contribution in [2.45, 2.75) is 20.0 Å². The molecule has 1 aliphatic rings. The molecule has 5 heteroatoms. The molecular formula is C22H21NO3S. The summed E-state index contributed by atoms with van der Waals surface area (Å²) < 4.78 is 11.2. The van der Waals surface area contributed by atoms with Crippen molar-refractivity contribution in [2.75, 3.05) is 13.2 Å². The maximum atomic E-state index is 12.5. The van der Waals surface area contributed by atoms with Gasteiger partial charge in [-0.2, -0.15) is 0 Å². The van der Waals surface area contributed by atoms with Crippen LogP contribution in [0.15, 0.2) is 54.6 Å². The predicted molar refractivity (Wildman–Crippen MR) is 108 cm³/mol. The normalized spacial score (nSPS) is 11.9. The molecule has 0 saturated heterocycles. The highest BCUT2D eigenvalue weighted by atomic mass is 32.1. The smallest absolute Gasteiger partial charge is 0.261 e. The van der Waals surface area contributed by atoms with Crippen molar-refractivity contribution in [3.63, 3.8) is 0 Å². The fraction of sp³-hybridized carbons (Fsp3) is 0.227. The van der Waals surface area contributed by atoms with E-state index in [0.717, 1.165) is 38.8 Å². The van der Waals surface area contributed by atoms with Crippen LogP contribution >= 0.6 is 11.3 Å². The molecule has 2 heterocycles. The van der Waals surface area contributed by atoms with Gasteiger partial charge in [-0.1, -0.05) is 24.3 Å². The van der Waals surface area contributed by atoms with Crippen LogP contribution in [0.5, 0.6) is 11.5 Å². The van der Waals surface area contributed by atoms with E-state index in [1.165, 1.54) is 16.9 Å². The maximum Gasteiger partial charge on any atom is 0.261 e. The van der Waals surface area contributed by atoms with E-state index in [1.54, 1.807) is 0 Å². The van der Waals surface area contributed by atoms with Crippen molar-refractivity contribution in [3.8, 4) is 21.9 Å². The summed E-state index contributed by atoms with van der Waals surface area (Å²) in [6, 6.07) is 17.9. The lowest BCUT2D eigenvalue weighted by Gasteiger charge is -2.16. The quantitative estimate of drug-likeness (QED) is 0.676. The number of benzene rings is 2. The molecule has 27 heavy (non-hydrogen) atoms. The molecule has 0 atom stereocenters. The molecule has 138 valence electrons. The largest absolute Gasteiger partial charge is 0.494 e. The maximum absolute atomic E-state index is 12.5. The first-order chi connectivity index (χ1) is 13.2. The van der Waals surface area contributed by atoms with Gasteiger partial charge in [0.1, 0.15) is 18.1 Å². The molecule has 0 bridgehead atoms. The summed E-state index contributed by atoms with van der Waals surface area (Å²) in [7, 11) is 0. The standard InChI is InChI=1S/C22H21NO3S/c1-2-25-17-9-7-15(8-10-17)11-12-23-22(24)20-13-16-14-26-19-6-4-3-5-18(19)21(16)27-20/h3-10,13H,2,11-12,14H2,1H3,(H,23,24). The van der Waals surface area contributed by atoms with Gasteiger partial charge < -0.3 is 14.8 Å². The lowest BCUT2D eigenvalue weighted by atomic mass is 10.1. The first kappa shape index (κ1) is 17.6. The number of nitrogens with one attached hydrogen (secondary N) is 1. The fourth-order valence-electron chi connectivity index (χ4n) is 3.14. The minimum absolute atomic E-state index is 0.0298. The highest BCUT2D eigenvalue weighted by Gasteiger charge is 2.22. The summed E-state index contributed by atoms with van der Waals surface area (Å²) in [5.41, 5.74) is 3.32. The third-order valence-corrected chi connectivity index (χ3v) is 5.69. The van der Waals surface area contributed by atoms with Crippen LogP contribution in [0.25, 0.3) is 10.4 Å². The third-order valence-electron chi connectivity index (χ3n) is 4.48. The Bertz CT molecular complexity index is 946. The summed E-state index contributed by atoms with van der Waals surface area (Å²) in [5, 5.41) is 3.02. The van der Waals surface area contributed by atoms with E-state index in [0.29, 0.717) is 19.8 Å². The van der Waals surface area contributed by atoms with Crippen molar-refractivity contribution < 1.29 is 14.3 Å². The summed E-state index contributed by atoms with van der Waals surface area (Å²) in [4.78, 5) is 14.4. The molecule has 4 nitrogen and oxygen atoms in total. The van der Waals surface area contributed by atoms with Gasteiger partial charge in [0.15, 0.2) is 0 Å². The molecular weight excluding hydrogens is 358 g/mol. The lowest BCUT2D eigenvalue weighted by Crippen LogP contribution is -2.24. The molecule has 0 fully saturated rings. The van der Waals surface area contributed by atoms with Crippen molar-refractivity contribution in [1.29, 1.82) is 0 Å². The first-order valence-electron chi connectivity index (χ1n) is 9.09. The lowest BCUT2D eigenvalue weighted by molar-refractivity contribution is 0.0958. The molecule has 0 spiro atoms. The summed E-state index contributed by atoms with van der Waals surface area (Å²) in [6.07, 6.45) is 0.787. The van der Waals surface area contributed by atoms with Crippen LogP contribution in [0, 0.1) is 0 Å². The number of hydrogen-bond acceptors (Lipinski definition) is 4. The Balaban J connectivity index is 1.38. The molecule has 0 aliphatic carbocycles. The number of fused-ring (bicyclic) bond motifs is 3. The Morgan fingerprint density at radius 2 is 2.00 bits per heavy atom. The summed E-state index contributed by atoms with van der Waals surface area (Å²) in [6.45, 7) is 3.75. The number of amides is 1. The number of hydrogen-bond donors (Lipinski definition) is 1. The van der Waals surface area contributed by atoms with Crippen LogP contribution in [-0.4, -0.2) is 19.1 Å². The van der Waals surface area contributed by atoms with E-state index in [2.05, 4.69) is 5.32 Å². The van der Waals surface area contributed by atoms with Gasteiger partial charge in [-0.3, -0.25) is 4.79 Å². The zero-order chi connectivity index (χ0) is 18.6. The van der Waals surface area contributed by atoms with Gasteiger partial charge in [0, 0.05) is 22.5 Å². The molecule has 3 aromatic rings. The Morgan fingerprint density at radius 3 is 2.81 bits per heavy atom. The molecule has 0 saturated carbocycles. The number of ether oxygens (including phenoxy) is 2. The number of rotatable bonds is 6. The molecule has 1 N–H and O–H groups in total. The van der Waals surface area contributed by atoms with Crippen LogP contribution in [0.1, 0.15) is 27.7 Å². The van der Waals surface area contributed by atoms with E-state index < -0.39 is 0 Å². The molecule has 1 aliphatic heterocycles. The molecule has 1 amide bonds. The second kappa shape index (κ2) is 7.84. The third kappa shape index (κ3) is 3.83. The van der Waals surface area contributed by atoms with Gasteiger partial charge in [0.25, 0.3) is 5.91 Å². The van der Waals surface area contributed by atoms with Gasteiger partial charge in [-0.05, 0) is 49.2 Å². The zero-order valence-corrected chi connectivity index (χ0v) is 16.0. The minimum Gasteiger partial charge on any atom is -0.494 e. The van der Waals surface area contributed by atoms with Gasteiger partial charge >= 0.3 is 0 Å². The topological polar surface area (TPSA) is 47.6 Å². The number of thiophene rings is 1. The van der Waals surface area contributed by atoms with Gasteiger partial charge in [-0.15, -0.1) is 11.3 Å². The molecule has 1 aromatic heterocycles. The Hall–Kier alpha value is -2.79. The Morgan fingerprint density at radius 1 is 1.19 bits per heavy atom. The molecule has 0 radical (unpaired) electrons. The van der Waals surface area contributed by atoms with E-state index >= 15 is 0 Å². The molecule has 4 rings (SSSR count). The average molecular weight is 379 g/mol. The van der Waals surface area contributed by atoms with Crippen LogP contribution in [0.2, 0.25) is 0 Å². The fourth-order valence-corrected chi connectivity index (χ4v) is 4.25. The monoisotopic (exact) mass is 379 g/mol. The van der Waals surface area contributed by atoms with E-state index in [4.69, 9.17) is 9.47 Å². The first-order valence-corrected chi connectivity index (χ1v) is 9.91. The highest BCUT2D eigenvalue weighted by molar-refractivity contribution is 7.17. The minimum atomic E-state index is -0.0298. The second-order valence-corrected chi connectivity index (χ2v) is 7.38. The van der Waals surface area contributed by atoms with Crippen LogP contribution < -0.4 is 14.8 Å². The van der Waals surface area contributed by atoms with Crippen LogP contribution in [0.3, 0.4) is 0 Å². The van der Waals surface area contributed by atoms with Gasteiger partial charge in [0.05, 0.1) is 11.5 Å². The second-order valence-electron chi connectivity index (χ2n) is 6.33. The number of para-hydroxylation sites is 1. The molecule has 2 aromatic carbocycles. The van der Waals surface area contributed by atoms with Crippen molar-refractivity contribution in [1.82, 2.24) is 5.32 Å². The summed E-state index contributed by atoms with van der Waals surface area (Å²) >= 11 is 1.53. The van der Waals surface area contributed by atoms with E-state index in [9.17, 15) is 4.79 Å². The highest BCUT2D eigenvalue weighted by Crippen LogP contribution is 2.42. The SMILES string of the molecule is CCOc1ccc(CCNC(=O)c2cc3c(s2)-c2ccccc2OC3)cc1. The molecule has 0 unspecified atom stereocenters. The Labute approximate surface area is 162 Å². The van der Waals surface area contributed by atoms with E-state index in [-0.39, 0.29) is 5.91 Å². The van der Waals surface area contributed by atoms with Crippen molar-refractivity contribution >= 4 is 17.2 Å². The van der Waals surface area contributed by atoms with Crippen molar-refractivity contribution in [3.05, 3.63) is 70.6 Å².